The molecule has 0 saturated heterocycles. The molecule has 1 aliphatic rings. The Morgan fingerprint density at radius 2 is 1.71 bits per heavy atom. The zero-order valence-electron chi connectivity index (χ0n) is 15.8. The van der Waals surface area contributed by atoms with Gasteiger partial charge in [0.1, 0.15) is 0 Å². The van der Waals surface area contributed by atoms with Gasteiger partial charge in [0.2, 0.25) is 5.91 Å². The highest BCUT2D eigenvalue weighted by molar-refractivity contribution is 6.42. The Bertz CT molecular complexity index is 873. The van der Waals surface area contributed by atoms with E-state index >= 15 is 0 Å². The number of carbonyl (C=O) groups excluding carboxylic acids is 2. The van der Waals surface area contributed by atoms with Crippen molar-refractivity contribution in [3.8, 4) is 0 Å². The highest BCUT2D eigenvalue weighted by atomic mass is 35.5. The molecule has 28 heavy (non-hydrogen) atoms. The maximum atomic E-state index is 12.4. The topological polar surface area (TPSA) is 72.2 Å². The van der Waals surface area contributed by atoms with Crippen molar-refractivity contribution in [1.82, 2.24) is 0 Å². The number of amides is 2. The van der Waals surface area contributed by atoms with Crippen LogP contribution in [0.2, 0.25) is 10.0 Å². The molecule has 148 valence electrons. The molecule has 2 aromatic rings. The van der Waals surface area contributed by atoms with Crippen LogP contribution in [0.25, 0.3) is 0 Å². The monoisotopic (exact) mass is 418 g/mol. The predicted octanol–water partition coefficient (Wildman–Crippen LogP) is 5.57. The van der Waals surface area contributed by atoms with Gasteiger partial charge in [0.05, 0.1) is 15.5 Å². The van der Waals surface area contributed by atoms with Gasteiger partial charge in [0, 0.05) is 11.3 Å². The number of hydrogen-bond donors (Lipinski definition) is 2. The quantitative estimate of drug-likeness (QED) is 0.665. The summed E-state index contributed by atoms with van der Waals surface area (Å²) in [4.78, 5) is 24.7. The van der Waals surface area contributed by atoms with Gasteiger partial charge in [0.15, 0.2) is 0 Å². The smallest absolute Gasteiger partial charge is 0.255 e. The normalized spacial score (nSPS) is 21.9. The number of benzene rings is 2. The average molecular weight is 419 g/mol. The van der Waals surface area contributed by atoms with Crippen molar-refractivity contribution in [3.05, 3.63) is 63.6 Å². The van der Waals surface area contributed by atoms with E-state index in [1.165, 1.54) is 6.07 Å². The molecule has 0 heterocycles. The molecule has 0 atom stereocenters. The molecular formula is C22H24Cl2N2O2. The minimum absolute atomic E-state index is 0.269. The van der Waals surface area contributed by atoms with E-state index in [4.69, 9.17) is 28.9 Å². The van der Waals surface area contributed by atoms with Crippen LogP contribution in [0, 0.1) is 5.92 Å². The van der Waals surface area contributed by atoms with E-state index < -0.39 is 5.41 Å². The summed E-state index contributed by atoms with van der Waals surface area (Å²) in [6.07, 6.45) is 4.70. The molecule has 3 rings (SSSR count). The minimum Gasteiger partial charge on any atom is -0.369 e. The molecule has 6 heteroatoms. The molecule has 1 saturated carbocycles. The summed E-state index contributed by atoms with van der Waals surface area (Å²) in [5, 5.41) is 3.57. The van der Waals surface area contributed by atoms with Crippen molar-refractivity contribution < 1.29 is 9.59 Å². The Morgan fingerprint density at radius 3 is 2.25 bits per heavy atom. The first-order chi connectivity index (χ1) is 13.4. The van der Waals surface area contributed by atoms with Gasteiger partial charge in [-0.3, -0.25) is 9.59 Å². The van der Waals surface area contributed by atoms with Crippen LogP contribution >= 0.6 is 23.2 Å². The van der Waals surface area contributed by atoms with Gasteiger partial charge in [-0.25, -0.2) is 0 Å². The molecule has 0 aromatic heterocycles. The molecule has 0 spiro atoms. The van der Waals surface area contributed by atoms with Crippen molar-refractivity contribution >= 4 is 40.7 Å². The van der Waals surface area contributed by atoms with Gasteiger partial charge in [0.25, 0.3) is 5.91 Å². The largest absolute Gasteiger partial charge is 0.369 e. The second kappa shape index (κ2) is 8.54. The number of carbonyl (C=O) groups is 2. The number of anilines is 1. The summed E-state index contributed by atoms with van der Waals surface area (Å²) >= 11 is 11.9. The summed E-state index contributed by atoms with van der Waals surface area (Å²) in [6.45, 7) is 2.19. The Kier molecular flexibility index (Phi) is 6.31. The van der Waals surface area contributed by atoms with Crippen LogP contribution in [0.5, 0.6) is 0 Å². The lowest BCUT2D eigenvalue weighted by atomic mass is 9.66. The van der Waals surface area contributed by atoms with Crippen LogP contribution < -0.4 is 11.1 Å². The summed E-state index contributed by atoms with van der Waals surface area (Å²) in [7, 11) is 0. The molecule has 1 fully saturated rings. The summed E-state index contributed by atoms with van der Waals surface area (Å²) in [5.74, 6) is 0.117. The van der Waals surface area contributed by atoms with Crippen LogP contribution in [0.4, 0.5) is 5.69 Å². The summed E-state index contributed by atoms with van der Waals surface area (Å²) in [6, 6.07) is 12.1. The first kappa shape index (κ1) is 20.7. The third-order valence-corrected chi connectivity index (χ3v) is 6.62. The fraction of sp³-hybridized carbons (Fsp3) is 0.364. The van der Waals surface area contributed by atoms with Crippen molar-refractivity contribution in [2.75, 3.05) is 5.32 Å². The van der Waals surface area contributed by atoms with Gasteiger partial charge < -0.3 is 11.1 Å². The van der Waals surface area contributed by atoms with E-state index in [9.17, 15) is 9.59 Å². The second-order valence-corrected chi connectivity index (χ2v) is 8.27. The Labute approximate surface area is 175 Å². The first-order valence-electron chi connectivity index (χ1n) is 9.52. The molecule has 0 aliphatic heterocycles. The molecule has 1 aliphatic carbocycles. The number of nitrogens with one attached hydrogen (secondary N) is 1. The molecule has 0 radical (unpaired) electrons. The maximum Gasteiger partial charge on any atom is 0.255 e. The van der Waals surface area contributed by atoms with Crippen LogP contribution in [-0.2, 0) is 10.2 Å². The summed E-state index contributed by atoms with van der Waals surface area (Å²) < 4.78 is 0. The minimum atomic E-state index is -0.613. The fourth-order valence-electron chi connectivity index (χ4n) is 3.97. The molecular weight excluding hydrogens is 395 g/mol. The Morgan fingerprint density at radius 1 is 1.07 bits per heavy atom. The molecule has 2 aromatic carbocycles. The Hall–Kier alpha value is -2.04. The highest BCUT2D eigenvalue weighted by Crippen LogP contribution is 2.42. The molecule has 0 bridgehead atoms. The number of nitrogens with two attached hydrogens (primary N) is 1. The summed E-state index contributed by atoms with van der Waals surface area (Å²) in [5.41, 5.74) is 7.18. The van der Waals surface area contributed by atoms with Crippen molar-refractivity contribution in [3.63, 3.8) is 0 Å². The van der Waals surface area contributed by atoms with Gasteiger partial charge in [-0.05, 0) is 67.5 Å². The van der Waals surface area contributed by atoms with Crippen LogP contribution in [0.3, 0.4) is 0 Å². The molecule has 4 nitrogen and oxygen atoms in total. The van der Waals surface area contributed by atoms with E-state index in [0.717, 1.165) is 37.7 Å². The average Bonchev–Trinajstić information content (AvgIpc) is 2.70. The SMILES string of the molecule is CCC1CCC(C(N)=O)(c2ccc(NC(=O)c3ccc(Cl)c(Cl)c3)cc2)CC1. The van der Waals surface area contributed by atoms with Gasteiger partial charge in [-0.1, -0.05) is 48.7 Å². The number of primary amides is 1. The highest BCUT2D eigenvalue weighted by Gasteiger charge is 2.41. The lowest BCUT2D eigenvalue weighted by Crippen LogP contribution is -2.44. The van der Waals surface area contributed by atoms with E-state index in [2.05, 4.69) is 12.2 Å². The standard InChI is InChI=1S/C22H24Cl2N2O2/c1-2-14-9-11-22(12-10-14,21(25)28)16-4-6-17(7-5-16)26-20(27)15-3-8-18(23)19(24)13-15/h3-8,13-14H,2,9-12H2,1H3,(H2,25,28)(H,26,27). The van der Waals surface area contributed by atoms with Crippen molar-refractivity contribution in [2.24, 2.45) is 11.7 Å². The van der Waals surface area contributed by atoms with Gasteiger partial charge >= 0.3 is 0 Å². The van der Waals surface area contributed by atoms with Crippen molar-refractivity contribution in [2.45, 2.75) is 44.4 Å². The van der Waals surface area contributed by atoms with E-state index in [-0.39, 0.29) is 11.8 Å². The van der Waals surface area contributed by atoms with Gasteiger partial charge in [-0.15, -0.1) is 0 Å². The van der Waals surface area contributed by atoms with Crippen LogP contribution in [0.1, 0.15) is 54.9 Å². The zero-order chi connectivity index (χ0) is 20.3. The fourth-order valence-corrected chi connectivity index (χ4v) is 4.27. The van der Waals surface area contributed by atoms with Gasteiger partial charge in [-0.2, -0.15) is 0 Å². The third-order valence-electron chi connectivity index (χ3n) is 5.88. The number of hydrogen-bond acceptors (Lipinski definition) is 2. The molecule has 3 N–H and O–H groups in total. The predicted molar refractivity (Wildman–Crippen MR) is 114 cm³/mol. The molecule has 0 unspecified atom stereocenters. The first-order valence-corrected chi connectivity index (χ1v) is 10.3. The van der Waals surface area contributed by atoms with Crippen LogP contribution in [-0.4, -0.2) is 11.8 Å². The Balaban J connectivity index is 1.76. The maximum absolute atomic E-state index is 12.4. The lowest BCUT2D eigenvalue weighted by Gasteiger charge is -2.38. The van der Waals surface area contributed by atoms with E-state index in [1.54, 1.807) is 24.3 Å². The zero-order valence-corrected chi connectivity index (χ0v) is 17.3. The number of rotatable bonds is 5. The molecule has 2 amide bonds. The van der Waals surface area contributed by atoms with Crippen LogP contribution in [0.15, 0.2) is 42.5 Å². The third kappa shape index (κ3) is 4.18. The van der Waals surface area contributed by atoms with E-state index in [0.29, 0.717) is 27.2 Å². The van der Waals surface area contributed by atoms with E-state index in [1.807, 2.05) is 12.1 Å². The second-order valence-electron chi connectivity index (χ2n) is 7.46. The number of halogens is 2. The van der Waals surface area contributed by atoms with Crippen molar-refractivity contribution in [1.29, 1.82) is 0 Å². The lowest BCUT2D eigenvalue weighted by molar-refractivity contribution is -0.125.